The average Bonchev–Trinajstić information content (AvgIpc) is 2.17. The highest BCUT2D eigenvalue weighted by Crippen LogP contribution is 2.21. The number of rotatable bonds is 2. The molecule has 0 saturated heterocycles. The summed E-state index contributed by atoms with van der Waals surface area (Å²) < 4.78 is 0. The quantitative estimate of drug-likeness (QED) is 0.699. The Morgan fingerprint density at radius 1 is 1.38 bits per heavy atom. The third-order valence-corrected chi connectivity index (χ3v) is 2.86. The van der Waals surface area contributed by atoms with E-state index in [-0.39, 0.29) is 11.9 Å². The summed E-state index contributed by atoms with van der Waals surface area (Å²) in [4.78, 5) is 13.4. The third-order valence-electron chi connectivity index (χ3n) is 2.86. The van der Waals surface area contributed by atoms with E-state index in [1.54, 1.807) is 6.92 Å². The van der Waals surface area contributed by atoms with Crippen LogP contribution in [0.15, 0.2) is 0 Å². The molecule has 2 N–H and O–H groups in total. The number of hydrogen-bond acceptors (Lipinski definition) is 2. The van der Waals surface area contributed by atoms with E-state index in [0.717, 1.165) is 12.8 Å². The van der Waals surface area contributed by atoms with Crippen LogP contribution in [0.25, 0.3) is 0 Å². The molecule has 3 nitrogen and oxygen atoms in total. The van der Waals surface area contributed by atoms with E-state index in [1.807, 2.05) is 11.9 Å². The molecule has 1 atom stereocenters. The molecule has 0 spiro atoms. The highest BCUT2D eigenvalue weighted by Gasteiger charge is 2.23. The maximum Gasteiger partial charge on any atom is 0.239 e. The first-order valence-corrected chi connectivity index (χ1v) is 5.15. The van der Waals surface area contributed by atoms with Gasteiger partial charge in [-0.2, -0.15) is 0 Å². The van der Waals surface area contributed by atoms with Crippen LogP contribution >= 0.6 is 0 Å². The van der Waals surface area contributed by atoms with E-state index in [2.05, 4.69) is 0 Å². The van der Waals surface area contributed by atoms with E-state index in [4.69, 9.17) is 5.73 Å². The molecule has 1 aliphatic rings. The molecule has 0 unspecified atom stereocenters. The van der Waals surface area contributed by atoms with Gasteiger partial charge in [0.15, 0.2) is 0 Å². The Kier molecular flexibility index (Phi) is 3.72. The number of carbonyl (C=O) groups is 1. The number of nitrogens with two attached hydrogens (primary N) is 1. The SMILES string of the molecule is C[C@@H](N)C(=O)N(C)C1CCCCC1. The summed E-state index contributed by atoms with van der Waals surface area (Å²) in [5.41, 5.74) is 5.55. The van der Waals surface area contributed by atoms with Crippen molar-refractivity contribution in [2.24, 2.45) is 5.73 Å². The average molecular weight is 184 g/mol. The molecule has 0 aliphatic heterocycles. The van der Waals surface area contributed by atoms with E-state index in [9.17, 15) is 4.79 Å². The number of likely N-dealkylation sites (N-methyl/N-ethyl adjacent to an activating group) is 1. The highest BCUT2D eigenvalue weighted by molar-refractivity contribution is 5.81. The molecule has 3 heteroatoms. The predicted octanol–water partition coefficient (Wildman–Crippen LogP) is 1.12. The molecule has 1 rings (SSSR count). The van der Waals surface area contributed by atoms with Gasteiger partial charge in [-0.3, -0.25) is 4.79 Å². The van der Waals surface area contributed by atoms with Gasteiger partial charge in [-0.15, -0.1) is 0 Å². The van der Waals surface area contributed by atoms with Crippen molar-refractivity contribution in [3.8, 4) is 0 Å². The summed E-state index contributed by atoms with van der Waals surface area (Å²) >= 11 is 0. The Hall–Kier alpha value is -0.570. The number of amides is 1. The van der Waals surface area contributed by atoms with Crippen molar-refractivity contribution in [2.45, 2.75) is 51.1 Å². The van der Waals surface area contributed by atoms with Gasteiger partial charge in [0.1, 0.15) is 0 Å². The Balaban J connectivity index is 2.45. The van der Waals surface area contributed by atoms with Gasteiger partial charge in [-0.1, -0.05) is 19.3 Å². The second-order valence-corrected chi connectivity index (χ2v) is 4.03. The van der Waals surface area contributed by atoms with Crippen molar-refractivity contribution >= 4 is 5.91 Å². The zero-order valence-electron chi connectivity index (χ0n) is 8.62. The summed E-state index contributed by atoms with van der Waals surface area (Å²) in [5, 5.41) is 0. The van der Waals surface area contributed by atoms with Crippen LogP contribution in [-0.2, 0) is 4.79 Å². The van der Waals surface area contributed by atoms with Crippen LogP contribution in [0.5, 0.6) is 0 Å². The molecule has 0 aromatic rings. The molecule has 1 fully saturated rings. The third kappa shape index (κ3) is 2.69. The van der Waals surface area contributed by atoms with Crippen molar-refractivity contribution in [2.75, 3.05) is 7.05 Å². The van der Waals surface area contributed by atoms with Crippen molar-refractivity contribution in [3.63, 3.8) is 0 Å². The van der Waals surface area contributed by atoms with Crippen LogP contribution in [0.3, 0.4) is 0 Å². The molecule has 0 radical (unpaired) electrons. The minimum absolute atomic E-state index is 0.0758. The van der Waals surface area contributed by atoms with Gasteiger partial charge < -0.3 is 10.6 Å². The van der Waals surface area contributed by atoms with Crippen molar-refractivity contribution in [3.05, 3.63) is 0 Å². The monoisotopic (exact) mass is 184 g/mol. The largest absolute Gasteiger partial charge is 0.341 e. The van der Waals surface area contributed by atoms with Gasteiger partial charge in [0.05, 0.1) is 6.04 Å². The maximum absolute atomic E-state index is 11.5. The maximum atomic E-state index is 11.5. The molecule has 76 valence electrons. The number of nitrogens with zero attached hydrogens (tertiary/aromatic N) is 1. The van der Waals surface area contributed by atoms with Gasteiger partial charge in [-0.05, 0) is 19.8 Å². The van der Waals surface area contributed by atoms with E-state index >= 15 is 0 Å². The lowest BCUT2D eigenvalue weighted by molar-refractivity contribution is -0.133. The molecular formula is C10H20N2O. The first-order valence-electron chi connectivity index (χ1n) is 5.15. The lowest BCUT2D eigenvalue weighted by atomic mass is 9.94. The van der Waals surface area contributed by atoms with Gasteiger partial charge >= 0.3 is 0 Å². The van der Waals surface area contributed by atoms with Gasteiger partial charge in [0, 0.05) is 13.1 Å². The number of hydrogen-bond donors (Lipinski definition) is 1. The van der Waals surface area contributed by atoms with Crippen LogP contribution in [0.4, 0.5) is 0 Å². The lowest BCUT2D eigenvalue weighted by Gasteiger charge is -2.32. The summed E-state index contributed by atoms with van der Waals surface area (Å²) in [7, 11) is 1.88. The molecule has 0 heterocycles. The molecule has 0 bridgehead atoms. The van der Waals surface area contributed by atoms with Crippen LogP contribution in [-0.4, -0.2) is 29.9 Å². The molecule has 1 aliphatic carbocycles. The van der Waals surface area contributed by atoms with Crippen molar-refractivity contribution in [1.29, 1.82) is 0 Å². The molecular weight excluding hydrogens is 164 g/mol. The predicted molar refractivity (Wildman–Crippen MR) is 53.3 cm³/mol. The van der Waals surface area contributed by atoms with Gasteiger partial charge in [0.25, 0.3) is 0 Å². The van der Waals surface area contributed by atoms with E-state index in [0.29, 0.717) is 6.04 Å². The van der Waals surface area contributed by atoms with Crippen LogP contribution in [0.1, 0.15) is 39.0 Å². The minimum Gasteiger partial charge on any atom is -0.341 e. The van der Waals surface area contributed by atoms with Crippen molar-refractivity contribution in [1.82, 2.24) is 4.90 Å². The smallest absolute Gasteiger partial charge is 0.239 e. The van der Waals surface area contributed by atoms with Gasteiger partial charge in [-0.25, -0.2) is 0 Å². The Morgan fingerprint density at radius 2 is 1.92 bits per heavy atom. The summed E-state index contributed by atoms with van der Waals surface area (Å²) in [6.07, 6.45) is 6.11. The van der Waals surface area contributed by atoms with Gasteiger partial charge in [0.2, 0.25) is 5.91 Å². The fourth-order valence-corrected chi connectivity index (χ4v) is 1.97. The summed E-state index contributed by atoms with van der Waals surface area (Å²) in [5.74, 6) is 0.0758. The number of carbonyl (C=O) groups excluding carboxylic acids is 1. The second-order valence-electron chi connectivity index (χ2n) is 4.03. The summed E-state index contributed by atoms with van der Waals surface area (Å²) in [6, 6.07) is 0.0826. The molecule has 0 aromatic heterocycles. The molecule has 13 heavy (non-hydrogen) atoms. The Labute approximate surface area is 80.3 Å². The zero-order chi connectivity index (χ0) is 9.84. The molecule has 1 amide bonds. The van der Waals surface area contributed by atoms with E-state index in [1.165, 1.54) is 19.3 Å². The first kappa shape index (κ1) is 10.5. The fraction of sp³-hybridized carbons (Fsp3) is 0.900. The Morgan fingerprint density at radius 3 is 2.38 bits per heavy atom. The second kappa shape index (κ2) is 4.61. The van der Waals surface area contributed by atoms with E-state index < -0.39 is 0 Å². The van der Waals surface area contributed by atoms with Crippen LogP contribution in [0, 0.1) is 0 Å². The lowest BCUT2D eigenvalue weighted by Crippen LogP contribution is -2.45. The standard InChI is InChI=1S/C10H20N2O/c1-8(11)10(13)12(2)9-6-4-3-5-7-9/h8-9H,3-7,11H2,1-2H3/t8-/m1/s1. The topological polar surface area (TPSA) is 46.3 Å². The normalized spacial score (nSPS) is 21.2. The Bertz CT molecular complexity index is 174. The molecule has 1 saturated carbocycles. The van der Waals surface area contributed by atoms with Crippen LogP contribution < -0.4 is 5.73 Å². The minimum atomic E-state index is -0.355. The molecule has 0 aromatic carbocycles. The highest BCUT2D eigenvalue weighted by atomic mass is 16.2. The zero-order valence-corrected chi connectivity index (χ0v) is 8.62. The fourth-order valence-electron chi connectivity index (χ4n) is 1.97. The summed E-state index contributed by atoms with van der Waals surface area (Å²) in [6.45, 7) is 1.75. The van der Waals surface area contributed by atoms with Crippen LogP contribution in [0.2, 0.25) is 0 Å². The van der Waals surface area contributed by atoms with Crippen molar-refractivity contribution < 1.29 is 4.79 Å². The first-order chi connectivity index (χ1) is 6.13.